The SMILES string of the molecule is CC(O)(CNCc1ccccc1OC(F)F)c1cccs1. The first-order valence-electron chi connectivity index (χ1n) is 6.49. The summed E-state index contributed by atoms with van der Waals surface area (Å²) in [5.41, 5.74) is -0.369. The van der Waals surface area contributed by atoms with E-state index in [1.54, 1.807) is 25.1 Å². The molecule has 21 heavy (non-hydrogen) atoms. The second-order valence-electron chi connectivity index (χ2n) is 4.84. The summed E-state index contributed by atoms with van der Waals surface area (Å²) in [6.07, 6.45) is 0. The molecule has 1 heterocycles. The van der Waals surface area contributed by atoms with E-state index in [0.717, 1.165) is 4.88 Å². The maximum absolute atomic E-state index is 12.3. The van der Waals surface area contributed by atoms with E-state index >= 15 is 0 Å². The number of halogens is 2. The van der Waals surface area contributed by atoms with Crippen LogP contribution in [0.5, 0.6) is 5.75 Å². The van der Waals surface area contributed by atoms with Crippen LogP contribution in [0.3, 0.4) is 0 Å². The van der Waals surface area contributed by atoms with Crippen LogP contribution in [0.4, 0.5) is 8.78 Å². The molecule has 1 aromatic carbocycles. The largest absolute Gasteiger partial charge is 0.434 e. The molecule has 0 radical (unpaired) electrons. The van der Waals surface area contributed by atoms with Gasteiger partial charge >= 0.3 is 6.61 Å². The van der Waals surface area contributed by atoms with E-state index < -0.39 is 12.2 Å². The molecule has 6 heteroatoms. The quantitative estimate of drug-likeness (QED) is 0.824. The predicted molar refractivity (Wildman–Crippen MR) is 78.7 cm³/mol. The molecule has 114 valence electrons. The van der Waals surface area contributed by atoms with Crippen molar-refractivity contribution in [1.82, 2.24) is 5.32 Å². The average molecular weight is 313 g/mol. The van der Waals surface area contributed by atoms with Crippen LogP contribution in [0, 0.1) is 0 Å². The number of hydrogen-bond acceptors (Lipinski definition) is 4. The number of alkyl halides is 2. The second kappa shape index (κ2) is 6.98. The molecule has 1 atom stereocenters. The Morgan fingerprint density at radius 1 is 1.29 bits per heavy atom. The summed E-state index contributed by atoms with van der Waals surface area (Å²) in [5, 5.41) is 15.3. The van der Waals surface area contributed by atoms with Gasteiger partial charge in [0.25, 0.3) is 0 Å². The van der Waals surface area contributed by atoms with Crippen LogP contribution < -0.4 is 10.1 Å². The van der Waals surface area contributed by atoms with Crippen LogP contribution in [0.25, 0.3) is 0 Å². The Hall–Kier alpha value is -1.50. The summed E-state index contributed by atoms with van der Waals surface area (Å²) in [7, 11) is 0. The third-order valence-corrected chi connectivity index (χ3v) is 4.15. The van der Waals surface area contributed by atoms with Crippen LogP contribution >= 0.6 is 11.3 Å². The van der Waals surface area contributed by atoms with Crippen molar-refractivity contribution in [2.45, 2.75) is 25.7 Å². The molecule has 0 aliphatic carbocycles. The Labute approximate surface area is 126 Å². The summed E-state index contributed by atoms with van der Waals surface area (Å²) in [4.78, 5) is 0.854. The molecule has 1 unspecified atom stereocenters. The smallest absolute Gasteiger partial charge is 0.387 e. The number of aliphatic hydroxyl groups is 1. The number of benzene rings is 1. The van der Waals surface area contributed by atoms with Crippen LogP contribution in [0.15, 0.2) is 41.8 Å². The van der Waals surface area contributed by atoms with Crippen LogP contribution in [0.1, 0.15) is 17.4 Å². The zero-order chi connectivity index (χ0) is 15.3. The van der Waals surface area contributed by atoms with Crippen molar-refractivity contribution < 1.29 is 18.6 Å². The number of rotatable bonds is 7. The molecule has 0 aliphatic rings. The fourth-order valence-electron chi connectivity index (χ4n) is 1.97. The predicted octanol–water partition coefficient (Wildman–Crippen LogP) is 3.35. The van der Waals surface area contributed by atoms with Crippen molar-refractivity contribution >= 4 is 11.3 Å². The first-order valence-corrected chi connectivity index (χ1v) is 7.37. The summed E-state index contributed by atoms with van der Waals surface area (Å²) in [6.45, 7) is -0.477. The standard InChI is InChI=1S/C15H17F2NO2S/c1-15(19,13-7-4-8-21-13)10-18-9-11-5-2-3-6-12(11)20-14(16)17/h2-8,14,18-19H,9-10H2,1H3. The lowest BCUT2D eigenvalue weighted by molar-refractivity contribution is -0.0505. The maximum Gasteiger partial charge on any atom is 0.387 e. The summed E-state index contributed by atoms with van der Waals surface area (Å²) in [5.74, 6) is 0.149. The molecule has 0 aliphatic heterocycles. The number of nitrogens with one attached hydrogen (secondary N) is 1. The lowest BCUT2D eigenvalue weighted by Crippen LogP contribution is -2.34. The molecular weight excluding hydrogens is 296 g/mol. The molecule has 0 saturated carbocycles. The zero-order valence-electron chi connectivity index (χ0n) is 11.6. The highest BCUT2D eigenvalue weighted by atomic mass is 32.1. The van der Waals surface area contributed by atoms with Gasteiger partial charge in [-0.2, -0.15) is 8.78 Å². The number of thiophene rings is 1. The Balaban J connectivity index is 1.95. The van der Waals surface area contributed by atoms with Gasteiger partial charge in [-0.15, -0.1) is 11.3 Å². The highest BCUT2D eigenvalue weighted by Gasteiger charge is 2.23. The molecule has 0 spiro atoms. The Bertz CT molecular complexity index is 559. The first-order chi connectivity index (χ1) is 9.99. The number of ether oxygens (including phenoxy) is 1. The summed E-state index contributed by atoms with van der Waals surface area (Å²) in [6, 6.07) is 10.3. The number of hydrogen-bond donors (Lipinski definition) is 2. The van der Waals surface area contributed by atoms with E-state index in [0.29, 0.717) is 18.7 Å². The van der Waals surface area contributed by atoms with E-state index in [1.807, 2.05) is 17.5 Å². The van der Waals surface area contributed by atoms with Crippen LogP contribution in [-0.2, 0) is 12.1 Å². The average Bonchev–Trinajstić information content (AvgIpc) is 2.95. The third-order valence-electron chi connectivity index (χ3n) is 3.03. The molecule has 0 amide bonds. The lowest BCUT2D eigenvalue weighted by Gasteiger charge is -2.22. The Morgan fingerprint density at radius 3 is 2.71 bits per heavy atom. The normalized spacial score (nSPS) is 14.1. The minimum absolute atomic E-state index is 0.149. The highest BCUT2D eigenvalue weighted by Crippen LogP contribution is 2.25. The second-order valence-corrected chi connectivity index (χ2v) is 5.79. The van der Waals surface area contributed by atoms with Crippen LogP contribution in [0.2, 0.25) is 0 Å². The fourth-order valence-corrected chi connectivity index (χ4v) is 2.76. The first kappa shape index (κ1) is 15.9. The molecular formula is C15H17F2NO2S. The molecule has 1 aromatic heterocycles. The molecule has 2 aromatic rings. The van der Waals surface area contributed by atoms with Gasteiger partial charge in [0, 0.05) is 23.5 Å². The molecule has 3 nitrogen and oxygen atoms in total. The Kier molecular flexibility index (Phi) is 5.27. The fraction of sp³-hybridized carbons (Fsp3) is 0.333. The zero-order valence-corrected chi connectivity index (χ0v) is 12.4. The monoisotopic (exact) mass is 313 g/mol. The van der Waals surface area contributed by atoms with Crippen molar-refractivity contribution in [3.05, 3.63) is 52.2 Å². The summed E-state index contributed by atoms with van der Waals surface area (Å²) < 4.78 is 29.1. The van der Waals surface area contributed by atoms with E-state index in [-0.39, 0.29) is 5.75 Å². The Morgan fingerprint density at radius 2 is 2.05 bits per heavy atom. The van der Waals surface area contributed by atoms with Crippen molar-refractivity contribution in [2.24, 2.45) is 0 Å². The van der Waals surface area contributed by atoms with Crippen molar-refractivity contribution in [1.29, 1.82) is 0 Å². The highest BCUT2D eigenvalue weighted by molar-refractivity contribution is 7.10. The third kappa shape index (κ3) is 4.49. The molecule has 0 bridgehead atoms. The molecule has 0 saturated heterocycles. The maximum atomic E-state index is 12.3. The van der Waals surface area contributed by atoms with Gasteiger partial charge in [-0.1, -0.05) is 24.3 Å². The minimum atomic E-state index is -2.85. The topological polar surface area (TPSA) is 41.5 Å². The van der Waals surface area contributed by atoms with Gasteiger partial charge in [0.1, 0.15) is 11.4 Å². The van der Waals surface area contributed by atoms with Crippen molar-refractivity contribution in [2.75, 3.05) is 6.54 Å². The van der Waals surface area contributed by atoms with E-state index in [4.69, 9.17) is 0 Å². The molecule has 0 fully saturated rings. The van der Waals surface area contributed by atoms with E-state index in [1.165, 1.54) is 17.4 Å². The number of para-hydroxylation sites is 1. The van der Waals surface area contributed by atoms with E-state index in [9.17, 15) is 13.9 Å². The van der Waals surface area contributed by atoms with Crippen molar-refractivity contribution in [3.63, 3.8) is 0 Å². The van der Waals surface area contributed by atoms with Gasteiger partial charge in [-0.25, -0.2) is 0 Å². The van der Waals surface area contributed by atoms with Gasteiger partial charge in [-0.3, -0.25) is 0 Å². The van der Waals surface area contributed by atoms with Gasteiger partial charge in [0.15, 0.2) is 0 Å². The van der Waals surface area contributed by atoms with Crippen LogP contribution in [-0.4, -0.2) is 18.3 Å². The van der Waals surface area contributed by atoms with E-state index in [2.05, 4.69) is 10.1 Å². The summed E-state index contributed by atoms with van der Waals surface area (Å²) >= 11 is 1.47. The van der Waals surface area contributed by atoms with Gasteiger partial charge in [0.05, 0.1) is 0 Å². The van der Waals surface area contributed by atoms with Gasteiger partial charge in [-0.05, 0) is 24.4 Å². The lowest BCUT2D eigenvalue weighted by atomic mass is 10.1. The molecule has 2 rings (SSSR count). The van der Waals surface area contributed by atoms with Gasteiger partial charge < -0.3 is 15.2 Å². The van der Waals surface area contributed by atoms with Gasteiger partial charge in [0.2, 0.25) is 0 Å². The van der Waals surface area contributed by atoms with Crippen molar-refractivity contribution in [3.8, 4) is 5.75 Å². The molecule has 2 N–H and O–H groups in total. The minimum Gasteiger partial charge on any atom is -0.434 e.